The van der Waals surface area contributed by atoms with Gasteiger partial charge in [-0.3, -0.25) is 14.5 Å². The average Bonchev–Trinajstić information content (AvgIpc) is 3.12. The molecule has 52 heavy (non-hydrogen) atoms. The van der Waals surface area contributed by atoms with Gasteiger partial charge in [0.05, 0.1) is 31.0 Å². The largest absolute Gasteiger partial charge is 0.494 e. The maximum absolute atomic E-state index is 14.2. The van der Waals surface area contributed by atoms with Crippen molar-refractivity contribution >= 4 is 31.5 Å². The number of aliphatic hydroxyl groups is 2. The zero-order valence-corrected chi connectivity index (χ0v) is 32.1. The summed E-state index contributed by atoms with van der Waals surface area (Å²) in [4.78, 5) is 43.0. The maximum Gasteiger partial charge on any atom is 0.249 e. The number of carbonyl (C=O) groups excluding carboxylic acids is 2. The number of amides is 2. The molecule has 2 amide bonds. The first-order valence-corrected chi connectivity index (χ1v) is 21.4. The molecule has 3 aromatic carbocycles. The third kappa shape index (κ3) is 9.04. The van der Waals surface area contributed by atoms with Gasteiger partial charge in [-0.25, -0.2) is 0 Å². The Morgan fingerprint density at radius 3 is 2.52 bits per heavy atom. The molecule has 12 heteroatoms. The molecule has 282 valence electrons. The number of nitrogens with one attached hydrogen (secondary N) is 1. The molecule has 0 aliphatic carbocycles. The number of unbranched alkanes of at least 4 members (excludes halogenated alkanes) is 1. The molecule has 0 saturated heterocycles. The van der Waals surface area contributed by atoms with Crippen molar-refractivity contribution in [2.24, 2.45) is 5.92 Å². The predicted molar refractivity (Wildman–Crippen MR) is 203 cm³/mol. The molecular weight excluding hydrogens is 679 g/mol. The molecule has 5 atom stereocenters. The van der Waals surface area contributed by atoms with Crippen LogP contribution in [0, 0.1) is 5.92 Å². The van der Waals surface area contributed by atoms with Gasteiger partial charge in [-0.15, -0.1) is 0 Å². The van der Waals surface area contributed by atoms with Gasteiger partial charge in [-0.05, 0) is 93.4 Å². The first-order valence-electron chi connectivity index (χ1n) is 18.4. The van der Waals surface area contributed by atoms with E-state index < -0.39 is 32.1 Å². The quantitative estimate of drug-likeness (QED) is 0.110. The number of methoxy groups -OCH3 is 1. The van der Waals surface area contributed by atoms with Gasteiger partial charge in [0.2, 0.25) is 11.8 Å². The van der Waals surface area contributed by atoms with Gasteiger partial charge in [0.1, 0.15) is 17.6 Å². The molecule has 5 rings (SSSR count). The van der Waals surface area contributed by atoms with Crippen molar-refractivity contribution in [3.63, 3.8) is 0 Å². The number of ether oxygens (including phenoxy) is 3. The highest BCUT2D eigenvalue weighted by Crippen LogP contribution is 2.48. The third-order valence-corrected chi connectivity index (χ3v) is 12.6. The summed E-state index contributed by atoms with van der Waals surface area (Å²) >= 11 is 0. The monoisotopic (exact) mass is 733 g/mol. The SMILES string of the molecule is CCOc1ccc2c(c1)CC(NCCCCO)C(=O)N2c1ccc2c(c1)[C@@H](OC)[C@H](C)[C@@H](C(CC(=O)N(CCO)Cc1ccccc1)[Si](C)(C)O)O2. The van der Waals surface area contributed by atoms with E-state index in [0.717, 1.165) is 34.5 Å². The average molecular weight is 734 g/mol. The first-order chi connectivity index (χ1) is 25.0. The second-order valence-corrected chi connectivity index (χ2v) is 18.4. The highest BCUT2D eigenvalue weighted by atomic mass is 28.4. The number of rotatable bonds is 17. The van der Waals surface area contributed by atoms with Gasteiger partial charge in [-0.2, -0.15) is 0 Å². The predicted octanol–water partition coefficient (Wildman–Crippen LogP) is 5.10. The van der Waals surface area contributed by atoms with Crippen LogP contribution in [0.3, 0.4) is 0 Å². The molecular formula is C40H55N3O8Si. The minimum atomic E-state index is -3.00. The van der Waals surface area contributed by atoms with E-state index in [4.69, 9.17) is 14.2 Å². The number of fused-ring (bicyclic) bond motifs is 2. The minimum absolute atomic E-state index is 0.0664. The van der Waals surface area contributed by atoms with Crippen LogP contribution < -0.4 is 19.7 Å². The lowest BCUT2D eigenvalue weighted by molar-refractivity contribution is -0.133. The van der Waals surface area contributed by atoms with Crippen LogP contribution in [0.15, 0.2) is 66.7 Å². The van der Waals surface area contributed by atoms with E-state index in [1.165, 1.54) is 0 Å². The Balaban J connectivity index is 1.45. The van der Waals surface area contributed by atoms with Crippen molar-refractivity contribution in [2.45, 2.75) is 83.0 Å². The van der Waals surface area contributed by atoms with Crippen LogP contribution in [0.2, 0.25) is 18.6 Å². The van der Waals surface area contributed by atoms with Gasteiger partial charge in [0.15, 0.2) is 8.32 Å². The summed E-state index contributed by atoms with van der Waals surface area (Å²) in [5, 5.41) is 22.5. The Hall–Kier alpha value is -3.78. The fraction of sp³-hybridized carbons (Fsp3) is 0.500. The summed E-state index contributed by atoms with van der Waals surface area (Å²) < 4.78 is 18.7. The molecule has 2 aliphatic rings. The van der Waals surface area contributed by atoms with Crippen molar-refractivity contribution in [1.29, 1.82) is 0 Å². The van der Waals surface area contributed by atoms with E-state index in [2.05, 4.69) is 5.32 Å². The molecule has 4 N–H and O–H groups in total. The van der Waals surface area contributed by atoms with Crippen molar-refractivity contribution in [1.82, 2.24) is 10.2 Å². The van der Waals surface area contributed by atoms with E-state index >= 15 is 0 Å². The van der Waals surface area contributed by atoms with E-state index in [1.54, 1.807) is 16.9 Å². The second kappa shape index (κ2) is 17.8. The molecule has 0 bridgehead atoms. The summed E-state index contributed by atoms with van der Waals surface area (Å²) in [6.07, 6.45) is 1.03. The number of hydrogen-bond acceptors (Lipinski definition) is 9. The highest BCUT2D eigenvalue weighted by molar-refractivity contribution is 6.71. The van der Waals surface area contributed by atoms with E-state index in [9.17, 15) is 24.6 Å². The molecule has 2 unspecified atom stereocenters. The summed E-state index contributed by atoms with van der Waals surface area (Å²) in [7, 11) is -1.35. The fourth-order valence-electron chi connectivity index (χ4n) is 7.53. The molecule has 0 aromatic heterocycles. The Morgan fingerprint density at radius 2 is 1.85 bits per heavy atom. The summed E-state index contributed by atoms with van der Waals surface area (Å²) in [6.45, 7) is 9.25. The Bertz CT molecular complexity index is 1650. The van der Waals surface area contributed by atoms with Gasteiger partial charge in [-0.1, -0.05) is 37.3 Å². The fourth-order valence-corrected chi connectivity index (χ4v) is 9.38. The molecule has 2 aliphatic heterocycles. The number of nitrogens with zero attached hydrogens (tertiary/aromatic N) is 2. The number of anilines is 2. The van der Waals surface area contributed by atoms with Gasteiger partial charge >= 0.3 is 0 Å². The standard InChI is InChI=1S/C40H55N3O8Si/c1-6-50-31-15-16-34-29(22-31)23-33(41-18-10-11-20-44)40(47)43(34)30-14-17-35-32(24-30)38(49-3)27(2)39(51-35)36(52(4,5)48)25-37(46)42(19-21-45)26-28-12-8-7-9-13-28/h7-9,12-17,22,24,27,33,36,38-39,41,44-45,48H,6,10-11,18-21,23,25-26H2,1-5H3/t27-,33?,36?,38-,39-/m0/s1. The number of aliphatic hydroxyl groups excluding tert-OH is 2. The molecule has 3 aromatic rings. The van der Waals surface area contributed by atoms with Gasteiger partial charge in [0.25, 0.3) is 0 Å². The normalized spacial score (nSPS) is 20.5. The van der Waals surface area contributed by atoms with Crippen LogP contribution in [0.25, 0.3) is 0 Å². The van der Waals surface area contributed by atoms with Gasteiger partial charge < -0.3 is 39.4 Å². The van der Waals surface area contributed by atoms with Crippen LogP contribution >= 0.6 is 0 Å². The first kappa shape index (κ1) is 39.4. The number of benzene rings is 3. The minimum Gasteiger partial charge on any atom is -0.494 e. The van der Waals surface area contributed by atoms with Crippen LogP contribution in [-0.4, -0.2) is 92.2 Å². The lowest BCUT2D eigenvalue weighted by Crippen LogP contribution is -2.50. The maximum atomic E-state index is 14.2. The zero-order chi connectivity index (χ0) is 37.4. The molecule has 11 nitrogen and oxygen atoms in total. The van der Waals surface area contributed by atoms with Crippen LogP contribution in [0.4, 0.5) is 11.4 Å². The van der Waals surface area contributed by atoms with Crippen LogP contribution in [0.5, 0.6) is 11.5 Å². The molecule has 0 spiro atoms. The smallest absolute Gasteiger partial charge is 0.249 e. The van der Waals surface area contributed by atoms with E-state index in [-0.39, 0.29) is 43.9 Å². The Labute approximate surface area is 308 Å². The van der Waals surface area contributed by atoms with Crippen molar-refractivity contribution < 1.29 is 38.8 Å². The Morgan fingerprint density at radius 1 is 1.08 bits per heavy atom. The summed E-state index contributed by atoms with van der Waals surface area (Å²) in [5.74, 6) is 0.852. The van der Waals surface area contributed by atoms with Crippen molar-refractivity contribution in [3.05, 3.63) is 83.4 Å². The lowest BCUT2D eigenvalue weighted by Gasteiger charge is -2.44. The zero-order valence-electron chi connectivity index (χ0n) is 31.1. The molecule has 0 saturated carbocycles. The van der Waals surface area contributed by atoms with Gasteiger partial charge in [0, 0.05) is 55.9 Å². The third-order valence-electron chi connectivity index (χ3n) is 10.2. The molecule has 2 heterocycles. The van der Waals surface area contributed by atoms with Crippen molar-refractivity contribution in [3.8, 4) is 11.5 Å². The van der Waals surface area contributed by atoms with Crippen molar-refractivity contribution in [2.75, 3.05) is 44.9 Å². The Kier molecular flexibility index (Phi) is 13.5. The van der Waals surface area contributed by atoms with Crippen LogP contribution in [0.1, 0.15) is 55.9 Å². The topological polar surface area (TPSA) is 141 Å². The number of carbonyl (C=O) groups is 2. The highest BCUT2D eigenvalue weighted by Gasteiger charge is 2.48. The summed E-state index contributed by atoms with van der Waals surface area (Å²) in [6, 6.07) is 20.7. The number of hydrogen-bond donors (Lipinski definition) is 4. The molecule has 0 radical (unpaired) electrons. The van der Waals surface area contributed by atoms with E-state index in [1.807, 2.05) is 93.7 Å². The summed E-state index contributed by atoms with van der Waals surface area (Å²) in [5.41, 5.74) is 3.73. The second-order valence-electron chi connectivity index (χ2n) is 14.3. The van der Waals surface area contributed by atoms with E-state index in [0.29, 0.717) is 44.0 Å². The van der Waals surface area contributed by atoms with Crippen LogP contribution in [-0.2, 0) is 27.3 Å². The lowest BCUT2D eigenvalue weighted by atomic mass is 9.86. The molecule has 0 fully saturated rings.